The molecule has 0 atom stereocenters. The molecule has 160 valence electrons. The summed E-state index contributed by atoms with van der Waals surface area (Å²) in [4.78, 5) is 25.4. The van der Waals surface area contributed by atoms with E-state index in [4.69, 9.17) is 10.5 Å². The molecule has 0 amide bonds. The number of halogens is 1. The van der Waals surface area contributed by atoms with Gasteiger partial charge in [-0.2, -0.15) is 10.1 Å². The fourth-order valence-electron chi connectivity index (χ4n) is 3.49. The van der Waals surface area contributed by atoms with E-state index < -0.39 is 5.97 Å². The number of nitrogen functional groups attached to an aromatic ring is 1. The zero-order valence-electron chi connectivity index (χ0n) is 17.2. The van der Waals surface area contributed by atoms with Crippen LogP contribution in [0.15, 0.2) is 35.1 Å². The minimum absolute atomic E-state index is 0.182. The number of carbonyl (C=O) groups excluding carboxylic acids is 1. The van der Waals surface area contributed by atoms with Crippen LogP contribution in [-0.2, 0) is 11.3 Å². The van der Waals surface area contributed by atoms with Crippen molar-refractivity contribution < 1.29 is 9.53 Å². The van der Waals surface area contributed by atoms with Gasteiger partial charge in [-0.1, -0.05) is 25.5 Å². The molecule has 0 bridgehead atoms. The maximum atomic E-state index is 12.2. The van der Waals surface area contributed by atoms with Crippen LogP contribution in [0.2, 0.25) is 0 Å². The van der Waals surface area contributed by atoms with Crippen LogP contribution in [0.1, 0.15) is 35.7 Å². The third-order valence-corrected chi connectivity index (χ3v) is 5.50. The molecule has 1 aromatic carbocycles. The highest BCUT2D eigenvalue weighted by Gasteiger charge is 2.19. The summed E-state index contributed by atoms with van der Waals surface area (Å²) in [6.45, 7) is 3.30. The van der Waals surface area contributed by atoms with E-state index in [0.29, 0.717) is 33.6 Å². The first-order valence-corrected chi connectivity index (χ1v) is 10.7. The van der Waals surface area contributed by atoms with Crippen molar-refractivity contribution in [1.29, 1.82) is 0 Å². The van der Waals surface area contributed by atoms with Gasteiger partial charge in [0.15, 0.2) is 10.4 Å². The topological polar surface area (TPSA) is 121 Å². The summed E-state index contributed by atoms with van der Waals surface area (Å²) >= 11 is 3.49. The number of methoxy groups -OCH3 is 1. The number of aromatic nitrogens is 5. The van der Waals surface area contributed by atoms with Crippen LogP contribution >= 0.6 is 15.9 Å². The first-order chi connectivity index (χ1) is 15.0. The van der Waals surface area contributed by atoms with Gasteiger partial charge in [0.2, 0.25) is 5.95 Å². The Labute approximate surface area is 187 Å². The molecule has 3 N–H and O–H groups in total. The van der Waals surface area contributed by atoms with Crippen molar-refractivity contribution in [2.24, 2.45) is 0 Å². The average Bonchev–Trinajstić information content (AvgIpc) is 3.08. The van der Waals surface area contributed by atoms with Crippen LogP contribution in [0.3, 0.4) is 0 Å². The molecule has 4 rings (SSSR count). The largest absolute Gasteiger partial charge is 0.465 e. The van der Waals surface area contributed by atoms with Crippen molar-refractivity contribution in [1.82, 2.24) is 24.7 Å². The monoisotopic (exact) mass is 483 g/mol. The molecule has 3 aromatic heterocycles. The van der Waals surface area contributed by atoms with Crippen molar-refractivity contribution in [3.05, 3.63) is 46.2 Å². The van der Waals surface area contributed by atoms with E-state index in [1.165, 1.54) is 7.11 Å². The van der Waals surface area contributed by atoms with Gasteiger partial charge in [-0.3, -0.25) is 9.67 Å². The molecule has 9 nitrogen and oxygen atoms in total. The van der Waals surface area contributed by atoms with Crippen LogP contribution < -0.4 is 11.1 Å². The fraction of sp³-hybridized carbons (Fsp3) is 0.286. The Morgan fingerprint density at radius 1 is 1.26 bits per heavy atom. The van der Waals surface area contributed by atoms with E-state index in [0.717, 1.165) is 35.9 Å². The normalized spacial score (nSPS) is 11.2. The number of hydrogen-bond donors (Lipinski definition) is 2. The third kappa shape index (κ3) is 4.02. The summed E-state index contributed by atoms with van der Waals surface area (Å²) in [5.41, 5.74) is 9.38. The van der Waals surface area contributed by atoms with Crippen LogP contribution in [0.5, 0.6) is 0 Å². The number of benzene rings is 1. The van der Waals surface area contributed by atoms with Crippen LogP contribution in [-0.4, -0.2) is 44.4 Å². The number of unbranched alkanes of at least 4 members (excludes halogenated alkanes) is 1. The standard InChI is InChI=1S/C21H22BrN7O2/c1-3-4-9-25-19-17-16(26-21(23)27-19)18(22)28-29(17)11-12-7-8-14(20(30)31-2)13-6-5-10-24-15(12)13/h5-8,10H,3-4,9,11H2,1-2H3,(H3,23,25,26,27). The van der Waals surface area contributed by atoms with E-state index in [1.54, 1.807) is 18.3 Å². The molecule has 0 radical (unpaired) electrons. The van der Waals surface area contributed by atoms with Gasteiger partial charge in [0.1, 0.15) is 11.0 Å². The number of pyridine rings is 1. The zero-order valence-corrected chi connectivity index (χ0v) is 18.8. The second kappa shape index (κ2) is 8.84. The van der Waals surface area contributed by atoms with E-state index >= 15 is 0 Å². The van der Waals surface area contributed by atoms with Gasteiger partial charge in [-0.25, -0.2) is 9.78 Å². The summed E-state index contributed by atoms with van der Waals surface area (Å²) < 4.78 is 7.31. The molecule has 0 unspecified atom stereocenters. The lowest BCUT2D eigenvalue weighted by Crippen LogP contribution is -2.10. The molecule has 0 aliphatic carbocycles. The molecule has 0 saturated carbocycles. The fourth-order valence-corrected chi connectivity index (χ4v) is 3.96. The molecule has 0 fully saturated rings. The van der Waals surface area contributed by atoms with Gasteiger partial charge in [0, 0.05) is 18.1 Å². The van der Waals surface area contributed by atoms with Gasteiger partial charge in [-0.05, 0) is 40.0 Å². The summed E-state index contributed by atoms with van der Waals surface area (Å²) in [5, 5.41) is 8.69. The van der Waals surface area contributed by atoms with E-state index in [9.17, 15) is 4.79 Å². The number of nitrogens with two attached hydrogens (primary N) is 1. The molecule has 10 heteroatoms. The Balaban J connectivity index is 1.82. The highest BCUT2D eigenvalue weighted by molar-refractivity contribution is 9.10. The Hall–Kier alpha value is -3.27. The highest BCUT2D eigenvalue weighted by Crippen LogP contribution is 2.29. The van der Waals surface area contributed by atoms with Gasteiger partial charge in [0.25, 0.3) is 0 Å². The van der Waals surface area contributed by atoms with Gasteiger partial charge < -0.3 is 15.8 Å². The molecule has 31 heavy (non-hydrogen) atoms. The van der Waals surface area contributed by atoms with Crippen molar-refractivity contribution in [3.8, 4) is 0 Å². The molecular formula is C21H22BrN7O2. The lowest BCUT2D eigenvalue weighted by molar-refractivity contribution is 0.0603. The van der Waals surface area contributed by atoms with Crippen molar-refractivity contribution in [2.75, 3.05) is 24.7 Å². The molecular weight excluding hydrogens is 462 g/mol. The minimum atomic E-state index is -0.400. The Morgan fingerprint density at radius 2 is 2.10 bits per heavy atom. The van der Waals surface area contributed by atoms with Gasteiger partial charge in [0.05, 0.1) is 24.7 Å². The number of hydrogen-bond acceptors (Lipinski definition) is 8. The minimum Gasteiger partial charge on any atom is -0.465 e. The maximum Gasteiger partial charge on any atom is 0.338 e. The Kier molecular flexibility index (Phi) is 5.99. The number of nitrogens with one attached hydrogen (secondary N) is 1. The molecule has 0 spiro atoms. The van der Waals surface area contributed by atoms with Gasteiger partial charge >= 0.3 is 5.97 Å². The first-order valence-electron chi connectivity index (χ1n) is 9.91. The van der Waals surface area contributed by atoms with Crippen LogP contribution in [0.25, 0.3) is 21.9 Å². The summed E-state index contributed by atoms with van der Waals surface area (Å²) in [6.07, 6.45) is 3.76. The van der Waals surface area contributed by atoms with Crippen LogP contribution in [0, 0.1) is 0 Å². The SMILES string of the molecule is CCCCNc1nc(N)nc2c(Br)nn(Cc3ccc(C(=O)OC)c4cccnc34)c12. The third-order valence-electron chi connectivity index (χ3n) is 4.96. The number of nitrogens with zero attached hydrogens (tertiary/aromatic N) is 5. The average molecular weight is 484 g/mol. The molecule has 0 aliphatic rings. The Morgan fingerprint density at radius 3 is 2.87 bits per heavy atom. The molecule has 0 saturated heterocycles. The zero-order chi connectivity index (χ0) is 22.0. The number of fused-ring (bicyclic) bond motifs is 2. The number of rotatable bonds is 7. The predicted octanol–water partition coefficient (Wildman–Crippen LogP) is 3.77. The predicted molar refractivity (Wildman–Crippen MR) is 123 cm³/mol. The smallest absolute Gasteiger partial charge is 0.338 e. The van der Waals surface area contributed by atoms with E-state index in [1.807, 2.05) is 16.8 Å². The number of ether oxygens (including phenoxy) is 1. The van der Waals surface area contributed by atoms with Crippen molar-refractivity contribution in [3.63, 3.8) is 0 Å². The van der Waals surface area contributed by atoms with E-state index in [-0.39, 0.29) is 5.95 Å². The summed E-state index contributed by atoms with van der Waals surface area (Å²) in [7, 11) is 1.37. The van der Waals surface area contributed by atoms with Crippen molar-refractivity contribution >= 4 is 55.6 Å². The van der Waals surface area contributed by atoms with Gasteiger partial charge in [-0.15, -0.1) is 0 Å². The Bertz CT molecular complexity index is 1270. The number of carbonyl (C=O) groups is 1. The van der Waals surface area contributed by atoms with Crippen molar-refractivity contribution in [2.45, 2.75) is 26.3 Å². The summed E-state index contributed by atoms with van der Waals surface area (Å²) in [6, 6.07) is 7.27. The van der Waals surface area contributed by atoms with Crippen LogP contribution in [0.4, 0.5) is 11.8 Å². The second-order valence-electron chi connectivity index (χ2n) is 7.02. The van der Waals surface area contributed by atoms with E-state index in [2.05, 4.69) is 48.2 Å². The maximum absolute atomic E-state index is 12.2. The highest BCUT2D eigenvalue weighted by atomic mass is 79.9. The first kappa shape index (κ1) is 21.0. The number of esters is 1. The summed E-state index contributed by atoms with van der Waals surface area (Å²) in [5.74, 6) is 0.419. The molecule has 4 aromatic rings. The lowest BCUT2D eigenvalue weighted by atomic mass is 10.0. The molecule has 3 heterocycles. The second-order valence-corrected chi connectivity index (χ2v) is 7.77. The number of anilines is 2. The lowest BCUT2D eigenvalue weighted by Gasteiger charge is -2.12. The quantitative estimate of drug-likeness (QED) is 0.301. The molecule has 0 aliphatic heterocycles.